The molecule has 3 heterocycles. The van der Waals surface area contributed by atoms with Gasteiger partial charge in [0, 0.05) is 20.2 Å². The molecule has 0 unspecified atom stereocenters. The van der Waals surface area contributed by atoms with E-state index in [-0.39, 0.29) is 29.4 Å². The van der Waals surface area contributed by atoms with Gasteiger partial charge in [0.05, 0.1) is 13.2 Å². The van der Waals surface area contributed by atoms with Crippen molar-refractivity contribution in [3.05, 3.63) is 52.1 Å². The summed E-state index contributed by atoms with van der Waals surface area (Å²) in [7, 11) is 1.43. The molecule has 1 amide bonds. The number of ether oxygens (including phenoxy) is 1. The first-order valence-electron chi connectivity index (χ1n) is 10.3. The van der Waals surface area contributed by atoms with Gasteiger partial charge in [0.15, 0.2) is 21.3 Å². The minimum Gasteiger partial charge on any atom is -0.383 e. The van der Waals surface area contributed by atoms with Gasteiger partial charge in [-0.3, -0.25) is 14.2 Å². The molecular weight excluding hydrogens is 440 g/mol. The number of aromatic nitrogens is 3. The topological polar surface area (TPSA) is 89.3 Å². The van der Waals surface area contributed by atoms with Crippen LogP contribution in [0.2, 0.25) is 0 Å². The Morgan fingerprint density at radius 1 is 1.31 bits per heavy atom. The van der Waals surface area contributed by atoms with Crippen LogP contribution in [-0.4, -0.2) is 46.7 Å². The zero-order valence-corrected chi connectivity index (χ0v) is 18.3. The molecule has 3 aromatic rings. The normalized spacial score (nSPS) is 16.2. The number of anilines is 1. The summed E-state index contributed by atoms with van der Waals surface area (Å²) in [6.07, 6.45) is -1.48. The minimum atomic E-state index is -2.90. The molecule has 11 heteroatoms. The Morgan fingerprint density at radius 2 is 2.09 bits per heavy atom. The van der Waals surface area contributed by atoms with Crippen molar-refractivity contribution >= 4 is 32.7 Å². The molecule has 8 nitrogen and oxygen atoms in total. The maximum atomic E-state index is 13.5. The quantitative estimate of drug-likeness (QED) is 0.553. The highest BCUT2D eigenvalue weighted by Crippen LogP contribution is 2.32. The fourth-order valence-electron chi connectivity index (χ4n) is 3.77. The molecule has 0 spiro atoms. The lowest BCUT2D eigenvalue weighted by atomic mass is 10.2. The van der Waals surface area contributed by atoms with Crippen LogP contribution in [0.4, 0.5) is 13.9 Å². The third-order valence-electron chi connectivity index (χ3n) is 5.36. The second kappa shape index (κ2) is 9.70. The van der Waals surface area contributed by atoms with Gasteiger partial charge >= 0.3 is 0 Å². The highest BCUT2D eigenvalue weighted by atomic mass is 32.1. The number of hydrogen-bond donors (Lipinski definition) is 1. The Hall–Kier alpha value is -2.92. The number of carbonyl (C=O) groups excluding carboxylic acids is 1. The monoisotopic (exact) mass is 463 g/mol. The second-order valence-corrected chi connectivity index (χ2v) is 8.38. The number of methoxy groups -OCH3 is 1. The van der Waals surface area contributed by atoms with Crippen LogP contribution in [0.15, 0.2) is 35.1 Å². The molecule has 1 atom stereocenters. The molecule has 1 fully saturated rings. The zero-order chi connectivity index (χ0) is 22.7. The molecule has 2 aromatic heterocycles. The Bertz CT molecular complexity index is 1150. The molecule has 32 heavy (non-hydrogen) atoms. The second-order valence-electron chi connectivity index (χ2n) is 7.43. The summed E-state index contributed by atoms with van der Waals surface area (Å²) in [5, 5.41) is 3.38. The van der Waals surface area contributed by atoms with Gasteiger partial charge in [0.2, 0.25) is 5.91 Å². The fraction of sp³-hybridized carbons (Fsp3) is 0.429. The third-order valence-corrected chi connectivity index (χ3v) is 6.35. The Kier molecular flexibility index (Phi) is 6.75. The van der Waals surface area contributed by atoms with Gasteiger partial charge in [-0.2, -0.15) is 0 Å². The van der Waals surface area contributed by atoms with Gasteiger partial charge in [-0.05, 0) is 18.4 Å². The average Bonchev–Trinajstić information content (AvgIpc) is 3.44. The maximum absolute atomic E-state index is 13.5. The van der Waals surface area contributed by atoms with Crippen molar-refractivity contribution < 1.29 is 18.3 Å². The van der Waals surface area contributed by atoms with Crippen molar-refractivity contribution in [2.45, 2.75) is 38.4 Å². The summed E-state index contributed by atoms with van der Waals surface area (Å²) in [5.41, 5.74) is 0.390. The van der Waals surface area contributed by atoms with Crippen LogP contribution in [0.25, 0.3) is 10.3 Å². The number of nitrogens with zero attached hydrogens (tertiary/aromatic N) is 4. The van der Waals surface area contributed by atoms with Gasteiger partial charge in [-0.1, -0.05) is 41.7 Å². The number of alkyl halides is 2. The number of nitrogens with one attached hydrogen (secondary N) is 1. The lowest BCUT2D eigenvalue weighted by Gasteiger charge is -2.23. The molecule has 1 aliphatic rings. The summed E-state index contributed by atoms with van der Waals surface area (Å²) in [5.74, 6) is -0.738. The smallest absolute Gasteiger partial charge is 0.295 e. The average molecular weight is 464 g/mol. The van der Waals surface area contributed by atoms with E-state index in [4.69, 9.17) is 4.74 Å². The van der Waals surface area contributed by atoms with E-state index in [1.165, 1.54) is 7.11 Å². The van der Waals surface area contributed by atoms with E-state index >= 15 is 0 Å². The van der Waals surface area contributed by atoms with Gasteiger partial charge in [-0.15, -0.1) is 0 Å². The van der Waals surface area contributed by atoms with Crippen LogP contribution in [0.5, 0.6) is 0 Å². The number of fused-ring (bicyclic) bond motifs is 1. The van der Waals surface area contributed by atoms with E-state index in [0.717, 1.165) is 27.9 Å². The van der Waals surface area contributed by atoms with E-state index < -0.39 is 23.9 Å². The molecule has 1 N–H and O–H groups in total. The van der Waals surface area contributed by atoms with Crippen LogP contribution in [0, 0.1) is 0 Å². The summed E-state index contributed by atoms with van der Waals surface area (Å²) in [6, 6.07) is 9.15. The number of hydrogen-bond acceptors (Lipinski definition) is 7. The predicted molar refractivity (Wildman–Crippen MR) is 117 cm³/mol. The lowest BCUT2D eigenvalue weighted by Crippen LogP contribution is -2.43. The summed E-state index contributed by atoms with van der Waals surface area (Å²) in [4.78, 5) is 36.1. The van der Waals surface area contributed by atoms with Gasteiger partial charge in [0.25, 0.3) is 12.0 Å². The van der Waals surface area contributed by atoms with Crippen LogP contribution in [0.1, 0.15) is 30.7 Å². The van der Waals surface area contributed by atoms with Gasteiger partial charge < -0.3 is 15.0 Å². The van der Waals surface area contributed by atoms with E-state index in [1.54, 1.807) is 0 Å². The van der Waals surface area contributed by atoms with Crippen LogP contribution < -0.4 is 15.8 Å². The van der Waals surface area contributed by atoms with Crippen LogP contribution in [-0.2, 0) is 22.6 Å². The Morgan fingerprint density at radius 3 is 2.81 bits per heavy atom. The summed E-state index contributed by atoms with van der Waals surface area (Å²) in [6.45, 7) is 1.05. The van der Waals surface area contributed by atoms with Gasteiger partial charge in [0.1, 0.15) is 6.04 Å². The lowest BCUT2D eigenvalue weighted by molar-refractivity contribution is -0.122. The SMILES string of the molecule is COCCn1c(C(F)F)nc2sc(N3CCC[C@@H]3C(=O)NCc3ccccc3)nc2c1=O. The van der Waals surface area contributed by atoms with Crippen molar-refractivity contribution in [1.29, 1.82) is 0 Å². The highest BCUT2D eigenvalue weighted by Gasteiger charge is 2.33. The highest BCUT2D eigenvalue weighted by molar-refractivity contribution is 7.21. The van der Waals surface area contributed by atoms with E-state index in [2.05, 4.69) is 15.3 Å². The minimum absolute atomic E-state index is 0.0286. The molecule has 4 rings (SSSR count). The van der Waals surface area contributed by atoms with Crippen molar-refractivity contribution in [2.75, 3.05) is 25.2 Å². The molecule has 1 saturated heterocycles. The van der Waals surface area contributed by atoms with Crippen molar-refractivity contribution in [3.8, 4) is 0 Å². The largest absolute Gasteiger partial charge is 0.383 e. The van der Waals surface area contributed by atoms with E-state index in [9.17, 15) is 18.4 Å². The van der Waals surface area contributed by atoms with Crippen molar-refractivity contribution in [3.63, 3.8) is 0 Å². The third kappa shape index (κ3) is 4.49. The van der Waals surface area contributed by atoms with Crippen LogP contribution in [0.3, 0.4) is 0 Å². The van der Waals surface area contributed by atoms with Crippen molar-refractivity contribution in [1.82, 2.24) is 19.9 Å². The van der Waals surface area contributed by atoms with Gasteiger partial charge in [-0.25, -0.2) is 18.7 Å². The van der Waals surface area contributed by atoms with Crippen molar-refractivity contribution in [2.24, 2.45) is 0 Å². The summed E-state index contributed by atoms with van der Waals surface area (Å²) >= 11 is 1.05. The molecule has 170 valence electrons. The molecule has 0 bridgehead atoms. The first kappa shape index (κ1) is 22.3. The molecule has 1 aliphatic heterocycles. The first-order chi connectivity index (χ1) is 15.5. The number of benzene rings is 1. The summed E-state index contributed by atoms with van der Waals surface area (Å²) < 4.78 is 32.9. The predicted octanol–water partition coefficient (Wildman–Crippen LogP) is 2.72. The van der Waals surface area contributed by atoms with E-state index in [1.807, 2.05) is 35.2 Å². The number of halogens is 2. The number of amides is 1. The Labute approximate surface area is 186 Å². The number of rotatable bonds is 8. The van der Waals surface area contributed by atoms with E-state index in [0.29, 0.717) is 24.6 Å². The Balaban J connectivity index is 1.60. The zero-order valence-electron chi connectivity index (χ0n) is 17.5. The molecule has 1 aromatic carbocycles. The standard InChI is InChI=1S/C21H23F2N5O3S/c1-31-11-10-28-17(16(22)23)26-19-15(20(28)30)25-21(32-19)27-9-5-8-14(27)18(29)24-12-13-6-3-2-4-7-13/h2-4,6-7,14,16H,5,8-12H2,1H3,(H,24,29)/t14-/m1/s1. The van der Waals surface area contributed by atoms with Crippen LogP contribution >= 0.6 is 11.3 Å². The fourth-order valence-corrected chi connectivity index (χ4v) is 4.79. The molecule has 0 aliphatic carbocycles. The maximum Gasteiger partial charge on any atom is 0.295 e. The molecular formula is C21H23F2N5O3S. The molecule has 0 saturated carbocycles. The number of thiazole rings is 1. The number of carbonyl (C=O) groups is 1. The first-order valence-corrected chi connectivity index (χ1v) is 11.1. The molecule has 0 radical (unpaired) electrons.